The molecule has 0 aliphatic rings. The number of halogens is 2. The van der Waals surface area contributed by atoms with Gasteiger partial charge in [0.05, 0.1) is 12.6 Å². The second kappa shape index (κ2) is 11.0. The molecule has 31 heavy (non-hydrogen) atoms. The molecule has 0 saturated carbocycles. The van der Waals surface area contributed by atoms with Crippen molar-refractivity contribution in [1.29, 1.82) is 0 Å². The number of aliphatic hydroxyl groups is 1. The molecular weight excluding hydrogens is 448 g/mol. The summed E-state index contributed by atoms with van der Waals surface area (Å²) in [5, 5.41) is 12.9. The van der Waals surface area contributed by atoms with Crippen molar-refractivity contribution in [1.82, 2.24) is 14.3 Å². The Kier molecular flexibility index (Phi) is 8.98. The van der Waals surface area contributed by atoms with Gasteiger partial charge in [0.15, 0.2) is 16.8 Å². The van der Waals surface area contributed by atoms with Gasteiger partial charge in [-0.3, -0.25) is 4.72 Å². The zero-order valence-corrected chi connectivity index (χ0v) is 19.4. The lowest BCUT2D eigenvalue weighted by Gasteiger charge is -2.20. The molecule has 0 fully saturated rings. The number of aromatic nitrogens is 2. The quantitative estimate of drug-likeness (QED) is 0.339. The number of hydrogen-bond donors (Lipinski definition) is 3. The molecule has 1 aromatic carbocycles. The van der Waals surface area contributed by atoms with E-state index >= 15 is 0 Å². The molecule has 0 saturated heterocycles. The van der Waals surface area contributed by atoms with E-state index in [0.717, 1.165) is 22.1 Å². The van der Waals surface area contributed by atoms with E-state index in [1.165, 1.54) is 32.3 Å². The summed E-state index contributed by atoms with van der Waals surface area (Å²) in [6.45, 7) is 3.88. The van der Waals surface area contributed by atoms with E-state index in [-0.39, 0.29) is 34.9 Å². The first kappa shape index (κ1) is 25.2. The van der Waals surface area contributed by atoms with Crippen LogP contribution in [0.1, 0.15) is 25.8 Å². The molecule has 172 valence electrons. The van der Waals surface area contributed by atoms with Gasteiger partial charge in [0.2, 0.25) is 0 Å². The number of anilines is 2. The second-order valence-corrected chi connectivity index (χ2v) is 10.3. The van der Waals surface area contributed by atoms with Gasteiger partial charge in [-0.15, -0.1) is 0 Å². The van der Waals surface area contributed by atoms with E-state index in [1.807, 2.05) is 13.8 Å². The smallest absolute Gasteiger partial charge is 0.302 e. The van der Waals surface area contributed by atoms with E-state index in [9.17, 15) is 22.3 Å². The minimum atomic E-state index is -3.82. The van der Waals surface area contributed by atoms with Crippen LogP contribution in [0.3, 0.4) is 0 Å². The Bertz CT molecular complexity index is 991. The van der Waals surface area contributed by atoms with Gasteiger partial charge in [-0.1, -0.05) is 37.7 Å². The maximum Gasteiger partial charge on any atom is 0.302 e. The van der Waals surface area contributed by atoms with Crippen LogP contribution >= 0.6 is 11.8 Å². The predicted molar refractivity (Wildman–Crippen MR) is 118 cm³/mol. The van der Waals surface area contributed by atoms with Crippen LogP contribution in [0.15, 0.2) is 29.4 Å². The minimum absolute atomic E-state index is 0.00894. The molecule has 8 nitrogen and oxygen atoms in total. The van der Waals surface area contributed by atoms with Crippen molar-refractivity contribution >= 4 is 33.6 Å². The Balaban J connectivity index is 2.32. The van der Waals surface area contributed by atoms with Crippen LogP contribution in [-0.2, 0) is 16.0 Å². The Morgan fingerprint density at radius 2 is 1.87 bits per heavy atom. The van der Waals surface area contributed by atoms with Crippen LogP contribution in [-0.4, -0.2) is 54.5 Å². The lowest BCUT2D eigenvalue weighted by molar-refractivity contribution is 0.259. The fraction of sp³-hybridized carbons (Fsp3) is 0.474. The van der Waals surface area contributed by atoms with E-state index in [0.29, 0.717) is 18.2 Å². The van der Waals surface area contributed by atoms with Crippen molar-refractivity contribution < 1.29 is 22.3 Å². The van der Waals surface area contributed by atoms with Crippen LogP contribution in [0.25, 0.3) is 0 Å². The van der Waals surface area contributed by atoms with Crippen LogP contribution in [0.4, 0.5) is 20.4 Å². The van der Waals surface area contributed by atoms with Crippen LogP contribution < -0.4 is 10.0 Å². The molecule has 2 rings (SSSR count). The third-order valence-electron chi connectivity index (χ3n) is 4.14. The number of aliphatic hydroxyl groups excluding tert-OH is 1. The molecular formula is C19H27F2N5O3S2. The summed E-state index contributed by atoms with van der Waals surface area (Å²) < 4.78 is 55.1. The summed E-state index contributed by atoms with van der Waals surface area (Å²) >= 11 is 1.03. The molecule has 2 aromatic rings. The topological polar surface area (TPSA) is 107 Å². The second-order valence-electron chi connectivity index (χ2n) is 7.47. The average Bonchev–Trinajstić information content (AvgIpc) is 2.67. The van der Waals surface area contributed by atoms with E-state index in [1.54, 1.807) is 0 Å². The van der Waals surface area contributed by atoms with Gasteiger partial charge >= 0.3 is 10.2 Å². The summed E-state index contributed by atoms with van der Waals surface area (Å²) in [5.41, 5.74) is 0.135. The molecule has 0 amide bonds. The normalized spacial score (nSPS) is 12.9. The lowest BCUT2D eigenvalue weighted by Crippen LogP contribution is -2.30. The van der Waals surface area contributed by atoms with E-state index in [4.69, 9.17) is 0 Å². The first-order valence-corrected chi connectivity index (χ1v) is 12.0. The van der Waals surface area contributed by atoms with Crippen molar-refractivity contribution in [3.8, 4) is 0 Å². The maximum absolute atomic E-state index is 13.9. The molecule has 1 heterocycles. The minimum Gasteiger partial charge on any atom is -0.394 e. The summed E-state index contributed by atoms with van der Waals surface area (Å²) in [7, 11) is -1.08. The van der Waals surface area contributed by atoms with Gasteiger partial charge in [0, 0.05) is 31.5 Å². The van der Waals surface area contributed by atoms with Crippen molar-refractivity contribution in [2.45, 2.75) is 37.2 Å². The van der Waals surface area contributed by atoms with Crippen molar-refractivity contribution in [2.24, 2.45) is 5.92 Å². The van der Waals surface area contributed by atoms with Gasteiger partial charge in [-0.25, -0.2) is 18.7 Å². The highest BCUT2D eigenvalue weighted by molar-refractivity contribution is 7.98. The summed E-state index contributed by atoms with van der Waals surface area (Å²) in [6.07, 6.45) is 0.663. The maximum atomic E-state index is 13.9. The molecule has 0 aliphatic carbocycles. The first-order chi connectivity index (χ1) is 14.5. The first-order valence-electron chi connectivity index (χ1n) is 9.54. The SMILES string of the molecule is CC(C)C[C@H](CO)Nc1cc(NS(=O)(=O)N(C)C)nc(SCc2cccc(F)c2F)n1. The average molecular weight is 476 g/mol. The van der Waals surface area contributed by atoms with Gasteiger partial charge in [-0.05, 0) is 18.4 Å². The largest absolute Gasteiger partial charge is 0.394 e. The number of nitrogens with zero attached hydrogens (tertiary/aromatic N) is 3. The summed E-state index contributed by atoms with van der Waals surface area (Å²) in [4.78, 5) is 8.51. The number of hydrogen-bond acceptors (Lipinski definition) is 7. The highest BCUT2D eigenvalue weighted by atomic mass is 32.2. The van der Waals surface area contributed by atoms with E-state index < -0.39 is 21.8 Å². The number of nitrogens with one attached hydrogen (secondary N) is 2. The van der Waals surface area contributed by atoms with Crippen molar-refractivity contribution in [3.63, 3.8) is 0 Å². The fourth-order valence-corrected chi connectivity index (χ4v) is 3.98. The molecule has 0 bridgehead atoms. The van der Waals surface area contributed by atoms with Crippen LogP contribution in [0.2, 0.25) is 0 Å². The highest BCUT2D eigenvalue weighted by Crippen LogP contribution is 2.26. The molecule has 1 aromatic heterocycles. The summed E-state index contributed by atoms with van der Waals surface area (Å²) in [5.74, 6) is -1.24. The van der Waals surface area contributed by atoms with Crippen LogP contribution in [0, 0.1) is 17.6 Å². The number of thioether (sulfide) groups is 1. The van der Waals surface area contributed by atoms with Crippen molar-refractivity contribution in [3.05, 3.63) is 41.5 Å². The fourth-order valence-electron chi connectivity index (χ4n) is 2.60. The molecule has 0 radical (unpaired) electrons. The molecule has 0 aliphatic heterocycles. The Morgan fingerprint density at radius 1 is 1.19 bits per heavy atom. The molecule has 0 unspecified atom stereocenters. The Hall–Kier alpha value is -2.02. The zero-order chi connectivity index (χ0) is 23.2. The molecule has 3 N–H and O–H groups in total. The van der Waals surface area contributed by atoms with Gasteiger partial charge in [0.1, 0.15) is 11.6 Å². The van der Waals surface area contributed by atoms with E-state index in [2.05, 4.69) is 20.0 Å². The number of rotatable bonds is 11. The molecule has 1 atom stereocenters. The Labute approximate surface area is 185 Å². The lowest BCUT2D eigenvalue weighted by atomic mass is 10.0. The molecule has 12 heteroatoms. The Morgan fingerprint density at radius 3 is 2.48 bits per heavy atom. The third-order valence-corrected chi connectivity index (χ3v) is 6.46. The van der Waals surface area contributed by atoms with Crippen molar-refractivity contribution in [2.75, 3.05) is 30.7 Å². The monoisotopic (exact) mass is 475 g/mol. The van der Waals surface area contributed by atoms with Gasteiger partial charge in [0.25, 0.3) is 0 Å². The zero-order valence-electron chi connectivity index (χ0n) is 17.8. The summed E-state index contributed by atoms with van der Waals surface area (Å²) in [6, 6.07) is 5.00. The van der Waals surface area contributed by atoms with Gasteiger partial charge in [-0.2, -0.15) is 12.7 Å². The standard InChI is InChI=1S/C19H27F2N5O3S2/c1-12(2)8-14(10-27)22-16-9-17(25-31(28,29)26(3)4)24-19(23-16)30-11-13-6-5-7-15(20)18(13)21/h5-7,9,12,14,27H,8,10-11H2,1-4H3,(H2,22,23,24,25)/t14-/m1/s1. The third kappa shape index (κ3) is 7.56. The molecule has 0 spiro atoms. The highest BCUT2D eigenvalue weighted by Gasteiger charge is 2.18. The van der Waals surface area contributed by atoms with Gasteiger partial charge < -0.3 is 10.4 Å². The number of benzene rings is 1. The predicted octanol–water partition coefficient (Wildman–Crippen LogP) is 3.08. The van der Waals surface area contributed by atoms with Crippen LogP contribution in [0.5, 0.6) is 0 Å².